The Morgan fingerprint density at radius 3 is 2.53 bits per heavy atom. The normalized spacial score (nSPS) is 21.7. The molecule has 0 bridgehead atoms. The summed E-state index contributed by atoms with van der Waals surface area (Å²) in [6, 6.07) is 9.91. The Bertz CT molecular complexity index is 406. The van der Waals surface area contributed by atoms with Crippen LogP contribution in [0, 0.1) is 0 Å². The molecule has 1 aromatic carbocycles. The number of hydrogen-bond donors (Lipinski definition) is 1. The Morgan fingerprint density at radius 2 is 1.84 bits per heavy atom. The highest BCUT2D eigenvalue weighted by Crippen LogP contribution is 2.27. The van der Waals surface area contributed by atoms with Crippen LogP contribution in [0.4, 0.5) is 0 Å². The highest BCUT2D eigenvalue weighted by atomic mass is 15.3. The molecule has 1 aliphatic heterocycles. The maximum absolute atomic E-state index is 3.22. The fraction of sp³-hybridized carbons (Fsp3) is 0.625. The lowest BCUT2D eigenvalue weighted by atomic mass is 10.1. The molecule has 0 radical (unpaired) electrons. The predicted molar refractivity (Wildman–Crippen MR) is 79.1 cm³/mol. The Morgan fingerprint density at radius 1 is 1.11 bits per heavy atom. The molecular formula is C16H25N3. The van der Waals surface area contributed by atoms with Gasteiger partial charge in [0, 0.05) is 45.3 Å². The second-order valence-electron chi connectivity index (χ2n) is 5.89. The molecule has 1 aliphatic carbocycles. The van der Waals surface area contributed by atoms with Gasteiger partial charge in [-0.2, -0.15) is 0 Å². The Hall–Kier alpha value is -0.900. The number of nitrogens with one attached hydrogen (secondary N) is 1. The zero-order chi connectivity index (χ0) is 13.1. The first-order chi connectivity index (χ1) is 9.35. The third-order valence-electron chi connectivity index (χ3n) is 4.25. The molecule has 1 N–H and O–H groups in total. The molecule has 2 fully saturated rings. The van der Waals surface area contributed by atoms with Crippen molar-refractivity contribution in [1.29, 1.82) is 0 Å². The summed E-state index contributed by atoms with van der Waals surface area (Å²) < 4.78 is 0. The minimum atomic E-state index is 0.932. The fourth-order valence-electron chi connectivity index (χ4n) is 3.03. The van der Waals surface area contributed by atoms with Crippen molar-refractivity contribution in [2.45, 2.75) is 32.0 Å². The summed E-state index contributed by atoms with van der Waals surface area (Å²) in [5, 5.41) is 3.22. The lowest BCUT2D eigenvalue weighted by molar-refractivity contribution is 0.121. The molecule has 0 aromatic heterocycles. The summed E-state index contributed by atoms with van der Waals surface area (Å²) in [7, 11) is 2.00. The van der Waals surface area contributed by atoms with Crippen molar-refractivity contribution in [2.24, 2.45) is 0 Å². The van der Waals surface area contributed by atoms with Crippen molar-refractivity contribution in [2.75, 3.05) is 33.2 Å². The van der Waals surface area contributed by atoms with Gasteiger partial charge in [0.25, 0.3) is 0 Å². The third kappa shape index (κ3) is 3.56. The van der Waals surface area contributed by atoms with Gasteiger partial charge in [-0.15, -0.1) is 0 Å². The number of hydrogen-bond acceptors (Lipinski definition) is 3. The van der Waals surface area contributed by atoms with Crippen molar-refractivity contribution in [1.82, 2.24) is 15.1 Å². The van der Waals surface area contributed by atoms with Crippen molar-refractivity contribution in [3.05, 3.63) is 35.4 Å². The molecule has 0 spiro atoms. The first kappa shape index (κ1) is 13.1. The molecule has 3 nitrogen and oxygen atoms in total. The fourth-order valence-corrected chi connectivity index (χ4v) is 3.03. The molecule has 0 unspecified atom stereocenters. The van der Waals surface area contributed by atoms with E-state index < -0.39 is 0 Å². The van der Waals surface area contributed by atoms with Gasteiger partial charge in [0.1, 0.15) is 0 Å². The molecule has 1 aromatic rings. The second kappa shape index (κ2) is 6.04. The number of piperazine rings is 1. The minimum Gasteiger partial charge on any atom is -0.316 e. The van der Waals surface area contributed by atoms with E-state index in [0.29, 0.717) is 0 Å². The summed E-state index contributed by atoms with van der Waals surface area (Å²) in [5.74, 6) is 0. The Kier molecular flexibility index (Phi) is 4.16. The summed E-state index contributed by atoms with van der Waals surface area (Å²) in [4.78, 5) is 5.27. The number of benzene rings is 1. The highest BCUT2D eigenvalue weighted by Gasteiger charge is 2.30. The molecule has 2 aliphatic rings. The van der Waals surface area contributed by atoms with Crippen molar-refractivity contribution >= 4 is 0 Å². The van der Waals surface area contributed by atoms with Crippen LogP contribution in [0.2, 0.25) is 0 Å². The molecular weight excluding hydrogens is 234 g/mol. The van der Waals surface area contributed by atoms with Crippen LogP contribution < -0.4 is 5.32 Å². The summed E-state index contributed by atoms with van der Waals surface area (Å²) >= 11 is 0. The van der Waals surface area contributed by atoms with Crippen LogP contribution in [0.5, 0.6) is 0 Å². The lowest BCUT2D eigenvalue weighted by Crippen LogP contribution is -2.46. The van der Waals surface area contributed by atoms with E-state index in [2.05, 4.69) is 39.4 Å². The standard InChI is InChI=1S/C16H25N3/c1-17-12-14-3-2-4-15(11-14)13-18-7-9-19(10-8-18)16-5-6-16/h2-4,11,16-17H,5-10,12-13H2,1H3. The first-order valence-corrected chi connectivity index (χ1v) is 7.54. The molecule has 1 heterocycles. The van der Waals surface area contributed by atoms with Crippen molar-refractivity contribution in [3.8, 4) is 0 Å². The van der Waals surface area contributed by atoms with Gasteiger partial charge in [-0.05, 0) is 31.0 Å². The Balaban J connectivity index is 1.52. The predicted octanol–water partition coefficient (Wildman–Crippen LogP) is 1.69. The van der Waals surface area contributed by atoms with Gasteiger partial charge in [-0.25, -0.2) is 0 Å². The van der Waals surface area contributed by atoms with Crippen molar-refractivity contribution in [3.63, 3.8) is 0 Å². The van der Waals surface area contributed by atoms with Gasteiger partial charge in [0.05, 0.1) is 0 Å². The van der Waals surface area contributed by atoms with Crippen LogP contribution in [0.25, 0.3) is 0 Å². The lowest BCUT2D eigenvalue weighted by Gasteiger charge is -2.34. The maximum Gasteiger partial charge on any atom is 0.0234 e. The van der Waals surface area contributed by atoms with E-state index in [1.807, 2.05) is 7.05 Å². The average molecular weight is 259 g/mol. The van der Waals surface area contributed by atoms with Crippen LogP contribution in [-0.2, 0) is 13.1 Å². The van der Waals surface area contributed by atoms with E-state index in [9.17, 15) is 0 Å². The quantitative estimate of drug-likeness (QED) is 0.868. The van der Waals surface area contributed by atoms with Crippen LogP contribution in [0.3, 0.4) is 0 Å². The summed E-state index contributed by atoms with van der Waals surface area (Å²) in [6.45, 7) is 7.06. The average Bonchev–Trinajstić information content (AvgIpc) is 3.25. The van der Waals surface area contributed by atoms with Gasteiger partial charge in [-0.3, -0.25) is 9.80 Å². The van der Waals surface area contributed by atoms with E-state index in [-0.39, 0.29) is 0 Å². The zero-order valence-corrected chi connectivity index (χ0v) is 11.9. The molecule has 1 saturated carbocycles. The Labute approximate surface area is 116 Å². The third-order valence-corrected chi connectivity index (χ3v) is 4.25. The zero-order valence-electron chi connectivity index (χ0n) is 11.9. The van der Waals surface area contributed by atoms with E-state index in [1.165, 1.54) is 50.1 Å². The van der Waals surface area contributed by atoms with Gasteiger partial charge < -0.3 is 5.32 Å². The maximum atomic E-state index is 3.22. The van der Waals surface area contributed by atoms with E-state index >= 15 is 0 Å². The molecule has 1 saturated heterocycles. The monoisotopic (exact) mass is 259 g/mol. The molecule has 0 atom stereocenters. The van der Waals surface area contributed by atoms with Crippen LogP contribution in [0.1, 0.15) is 24.0 Å². The molecule has 104 valence electrons. The van der Waals surface area contributed by atoms with Gasteiger partial charge >= 0.3 is 0 Å². The van der Waals surface area contributed by atoms with E-state index in [4.69, 9.17) is 0 Å². The minimum absolute atomic E-state index is 0.932. The molecule has 3 rings (SSSR count). The SMILES string of the molecule is CNCc1cccc(CN2CCN(C3CC3)CC2)c1. The van der Waals surface area contributed by atoms with Crippen LogP contribution in [-0.4, -0.2) is 49.1 Å². The first-order valence-electron chi connectivity index (χ1n) is 7.54. The molecule has 19 heavy (non-hydrogen) atoms. The molecule has 3 heteroatoms. The smallest absolute Gasteiger partial charge is 0.0234 e. The molecule has 0 amide bonds. The van der Waals surface area contributed by atoms with Gasteiger partial charge in [0.15, 0.2) is 0 Å². The summed E-state index contributed by atoms with van der Waals surface area (Å²) in [5.41, 5.74) is 2.84. The number of rotatable bonds is 5. The van der Waals surface area contributed by atoms with E-state index in [1.54, 1.807) is 0 Å². The summed E-state index contributed by atoms with van der Waals surface area (Å²) in [6.07, 6.45) is 2.87. The van der Waals surface area contributed by atoms with Gasteiger partial charge in [0.2, 0.25) is 0 Å². The second-order valence-corrected chi connectivity index (χ2v) is 5.89. The number of nitrogens with zero attached hydrogens (tertiary/aromatic N) is 2. The van der Waals surface area contributed by atoms with Gasteiger partial charge in [-0.1, -0.05) is 24.3 Å². The highest BCUT2D eigenvalue weighted by molar-refractivity contribution is 5.23. The van der Waals surface area contributed by atoms with Crippen molar-refractivity contribution < 1.29 is 0 Å². The topological polar surface area (TPSA) is 18.5 Å². The van der Waals surface area contributed by atoms with Crippen LogP contribution in [0.15, 0.2) is 24.3 Å². The van der Waals surface area contributed by atoms with Crippen LogP contribution >= 0.6 is 0 Å². The van der Waals surface area contributed by atoms with E-state index in [0.717, 1.165) is 19.1 Å². The largest absolute Gasteiger partial charge is 0.316 e.